The van der Waals surface area contributed by atoms with Crippen molar-refractivity contribution in [3.05, 3.63) is 24.0 Å². The van der Waals surface area contributed by atoms with Gasteiger partial charge in [0, 0.05) is 12.8 Å². The Labute approximate surface area is 111 Å². The number of sulfone groups is 1. The van der Waals surface area contributed by atoms with Crippen molar-refractivity contribution in [1.29, 1.82) is 0 Å². The van der Waals surface area contributed by atoms with Crippen LogP contribution in [0.25, 0.3) is 0 Å². The Hall–Kier alpha value is -0.750. The fourth-order valence-corrected chi connectivity index (χ4v) is 3.80. The maximum atomic E-state index is 13.6. The lowest BCUT2D eigenvalue weighted by Crippen LogP contribution is -2.14. The van der Waals surface area contributed by atoms with Gasteiger partial charge in [-0.15, -0.1) is 0 Å². The Morgan fingerprint density at radius 3 is 2.89 bits per heavy atom. The zero-order valence-corrected chi connectivity index (χ0v) is 11.8. The minimum absolute atomic E-state index is 0.146. The van der Waals surface area contributed by atoms with Gasteiger partial charge < -0.3 is 5.32 Å². The van der Waals surface area contributed by atoms with Crippen molar-refractivity contribution in [1.82, 2.24) is 0 Å². The van der Waals surface area contributed by atoms with Crippen LogP contribution in [0.5, 0.6) is 0 Å². The molecule has 1 fully saturated rings. The van der Waals surface area contributed by atoms with Crippen LogP contribution in [0.1, 0.15) is 6.42 Å². The van der Waals surface area contributed by atoms with E-state index in [0.29, 0.717) is 12.5 Å². The number of hydrogen-bond acceptors (Lipinski definition) is 4. The van der Waals surface area contributed by atoms with Crippen LogP contribution in [0.3, 0.4) is 0 Å². The monoisotopic (exact) mass is 289 g/mol. The molecular formula is C12H16FNO2S2. The van der Waals surface area contributed by atoms with Crippen LogP contribution >= 0.6 is 11.8 Å². The number of hydrogen-bond donors (Lipinski definition) is 1. The van der Waals surface area contributed by atoms with Gasteiger partial charge in [0.05, 0.1) is 10.6 Å². The van der Waals surface area contributed by atoms with Crippen LogP contribution in [0.2, 0.25) is 0 Å². The van der Waals surface area contributed by atoms with Crippen LogP contribution in [-0.4, -0.2) is 32.7 Å². The summed E-state index contributed by atoms with van der Waals surface area (Å²) in [5.41, 5.74) is 0.273. The highest BCUT2D eigenvalue weighted by molar-refractivity contribution is 7.99. The number of benzene rings is 1. The van der Waals surface area contributed by atoms with Gasteiger partial charge in [-0.3, -0.25) is 0 Å². The maximum absolute atomic E-state index is 13.6. The van der Waals surface area contributed by atoms with Gasteiger partial charge in [-0.25, -0.2) is 12.8 Å². The van der Waals surface area contributed by atoms with E-state index in [4.69, 9.17) is 0 Å². The normalized spacial score (nSPS) is 20.0. The topological polar surface area (TPSA) is 46.2 Å². The van der Waals surface area contributed by atoms with Crippen molar-refractivity contribution in [3.8, 4) is 0 Å². The first-order valence-electron chi connectivity index (χ1n) is 5.78. The van der Waals surface area contributed by atoms with Gasteiger partial charge in [0.1, 0.15) is 5.82 Å². The van der Waals surface area contributed by atoms with Crippen LogP contribution in [0.15, 0.2) is 23.1 Å². The molecule has 1 N–H and O–H groups in total. The van der Waals surface area contributed by atoms with Crippen molar-refractivity contribution in [2.45, 2.75) is 11.3 Å². The van der Waals surface area contributed by atoms with E-state index in [1.165, 1.54) is 18.2 Å². The fraction of sp³-hybridized carbons (Fsp3) is 0.500. The third-order valence-corrected chi connectivity index (χ3v) is 5.31. The first-order valence-corrected chi connectivity index (χ1v) is 8.82. The summed E-state index contributed by atoms with van der Waals surface area (Å²) in [5, 5.41) is 3.01. The number of halogens is 1. The summed E-state index contributed by atoms with van der Waals surface area (Å²) in [7, 11) is -3.29. The van der Waals surface area contributed by atoms with E-state index in [9.17, 15) is 12.8 Å². The summed E-state index contributed by atoms with van der Waals surface area (Å²) in [5.74, 6) is 2.36. The van der Waals surface area contributed by atoms with Crippen LogP contribution in [0, 0.1) is 11.7 Å². The Bertz CT molecular complexity index is 525. The molecule has 1 aromatic rings. The second-order valence-electron chi connectivity index (χ2n) is 4.52. The zero-order valence-electron chi connectivity index (χ0n) is 10.1. The molecule has 1 saturated heterocycles. The predicted octanol–water partition coefficient (Wildman–Crippen LogP) is 2.39. The third kappa shape index (κ3) is 3.38. The van der Waals surface area contributed by atoms with E-state index >= 15 is 0 Å². The average Bonchev–Trinajstić information content (AvgIpc) is 2.79. The quantitative estimate of drug-likeness (QED) is 0.865. The Morgan fingerprint density at radius 1 is 1.50 bits per heavy atom. The lowest BCUT2D eigenvalue weighted by atomic mass is 10.1. The lowest BCUT2D eigenvalue weighted by Gasteiger charge is -2.12. The second kappa shape index (κ2) is 5.48. The maximum Gasteiger partial charge on any atom is 0.175 e. The van der Waals surface area contributed by atoms with Crippen molar-refractivity contribution >= 4 is 27.3 Å². The summed E-state index contributed by atoms with van der Waals surface area (Å²) in [4.78, 5) is 0.146. The molecule has 0 saturated carbocycles. The van der Waals surface area contributed by atoms with Crippen LogP contribution < -0.4 is 5.32 Å². The highest BCUT2D eigenvalue weighted by Crippen LogP contribution is 2.25. The third-order valence-electron chi connectivity index (χ3n) is 2.97. The molecule has 0 amide bonds. The van der Waals surface area contributed by atoms with E-state index in [2.05, 4.69) is 5.32 Å². The van der Waals surface area contributed by atoms with Crippen molar-refractivity contribution in [2.75, 3.05) is 29.6 Å². The summed E-state index contributed by atoms with van der Waals surface area (Å²) in [6.07, 6.45) is 2.25. The van der Waals surface area contributed by atoms with E-state index in [1.807, 2.05) is 11.8 Å². The molecule has 100 valence electrons. The molecule has 1 aliphatic rings. The second-order valence-corrected chi connectivity index (χ2v) is 7.69. The SMILES string of the molecule is CS(=O)(=O)c1ccc(F)c(NCC2CCSC2)c1. The summed E-state index contributed by atoms with van der Waals surface area (Å²) in [6, 6.07) is 3.86. The first kappa shape index (κ1) is 13.7. The molecule has 1 aliphatic heterocycles. The predicted molar refractivity (Wildman–Crippen MR) is 73.4 cm³/mol. The molecule has 1 unspecified atom stereocenters. The molecule has 18 heavy (non-hydrogen) atoms. The number of nitrogens with one attached hydrogen (secondary N) is 1. The number of thioether (sulfide) groups is 1. The minimum atomic E-state index is -3.29. The van der Waals surface area contributed by atoms with Crippen molar-refractivity contribution in [2.24, 2.45) is 5.92 Å². The van der Waals surface area contributed by atoms with Crippen LogP contribution in [-0.2, 0) is 9.84 Å². The number of rotatable bonds is 4. The van der Waals surface area contributed by atoms with Gasteiger partial charge in [-0.2, -0.15) is 11.8 Å². The molecule has 2 rings (SSSR count). The summed E-state index contributed by atoms with van der Waals surface area (Å²) >= 11 is 1.90. The molecule has 1 atom stereocenters. The van der Waals surface area contributed by atoms with E-state index in [0.717, 1.165) is 24.2 Å². The van der Waals surface area contributed by atoms with Gasteiger partial charge in [0.15, 0.2) is 9.84 Å². The smallest absolute Gasteiger partial charge is 0.175 e. The molecule has 0 radical (unpaired) electrons. The molecule has 1 heterocycles. The molecule has 1 aromatic carbocycles. The molecule has 0 bridgehead atoms. The minimum Gasteiger partial charge on any atom is -0.382 e. The molecule has 0 aromatic heterocycles. The average molecular weight is 289 g/mol. The van der Waals surface area contributed by atoms with E-state index in [-0.39, 0.29) is 10.6 Å². The number of anilines is 1. The zero-order chi connectivity index (χ0) is 13.2. The fourth-order valence-electron chi connectivity index (χ4n) is 1.87. The first-order chi connectivity index (χ1) is 8.47. The van der Waals surface area contributed by atoms with E-state index < -0.39 is 15.7 Å². The molecule has 0 aliphatic carbocycles. The van der Waals surface area contributed by atoms with Crippen LogP contribution in [0.4, 0.5) is 10.1 Å². The highest BCUT2D eigenvalue weighted by atomic mass is 32.2. The molecule has 0 spiro atoms. The van der Waals surface area contributed by atoms with Crippen molar-refractivity contribution < 1.29 is 12.8 Å². The Balaban J connectivity index is 2.11. The van der Waals surface area contributed by atoms with Crippen molar-refractivity contribution in [3.63, 3.8) is 0 Å². The van der Waals surface area contributed by atoms with E-state index in [1.54, 1.807) is 0 Å². The lowest BCUT2D eigenvalue weighted by molar-refractivity contribution is 0.599. The molecular weight excluding hydrogens is 273 g/mol. The van der Waals surface area contributed by atoms with Gasteiger partial charge in [0.25, 0.3) is 0 Å². The standard InChI is InChI=1S/C12H16FNO2S2/c1-18(15,16)10-2-3-11(13)12(6-10)14-7-9-4-5-17-8-9/h2-3,6,9,14H,4-5,7-8H2,1H3. The summed E-state index contributed by atoms with van der Waals surface area (Å²) < 4.78 is 36.4. The highest BCUT2D eigenvalue weighted by Gasteiger charge is 2.16. The van der Waals surface area contributed by atoms with Gasteiger partial charge in [-0.1, -0.05) is 0 Å². The Kier molecular flexibility index (Phi) is 4.17. The van der Waals surface area contributed by atoms with Gasteiger partial charge >= 0.3 is 0 Å². The molecule has 6 heteroatoms. The van der Waals surface area contributed by atoms with Gasteiger partial charge in [0.2, 0.25) is 0 Å². The van der Waals surface area contributed by atoms with Gasteiger partial charge in [-0.05, 0) is 42.0 Å². The largest absolute Gasteiger partial charge is 0.382 e. The molecule has 3 nitrogen and oxygen atoms in total. The Morgan fingerprint density at radius 2 is 2.28 bits per heavy atom. The summed E-state index contributed by atoms with van der Waals surface area (Å²) in [6.45, 7) is 0.692.